The number of benzene rings is 1. The molecule has 0 aliphatic carbocycles. The van der Waals surface area contributed by atoms with E-state index in [9.17, 15) is 4.79 Å². The van der Waals surface area contributed by atoms with Crippen LogP contribution in [0.1, 0.15) is 15.9 Å². The maximum Gasteiger partial charge on any atom is 0.250 e. The molecule has 0 unspecified atom stereocenters. The van der Waals surface area contributed by atoms with Gasteiger partial charge < -0.3 is 10.8 Å². The Bertz CT molecular complexity index is 569. The highest BCUT2D eigenvalue weighted by molar-refractivity contribution is 6.31. The standard InChI is InChI=1S/C11H9ClN2O2/c12-8-3-7-1-6(5-15)2-9(11(13)16)10(7)14-4-8/h1-4,15H,5H2,(H2,13,16). The molecule has 82 valence electrons. The lowest BCUT2D eigenvalue weighted by Crippen LogP contribution is -2.12. The Morgan fingerprint density at radius 2 is 2.19 bits per heavy atom. The minimum Gasteiger partial charge on any atom is -0.392 e. The molecule has 0 spiro atoms. The molecule has 1 aromatic heterocycles. The zero-order valence-corrected chi connectivity index (χ0v) is 9.03. The van der Waals surface area contributed by atoms with Crippen LogP contribution < -0.4 is 5.73 Å². The number of halogens is 1. The number of carbonyl (C=O) groups is 1. The summed E-state index contributed by atoms with van der Waals surface area (Å²) in [6.45, 7) is -0.164. The highest BCUT2D eigenvalue weighted by Gasteiger charge is 2.10. The summed E-state index contributed by atoms with van der Waals surface area (Å²) in [5.41, 5.74) is 6.63. The third-order valence-corrected chi connectivity index (χ3v) is 2.46. The fourth-order valence-electron chi connectivity index (χ4n) is 1.56. The minimum atomic E-state index is -0.574. The van der Waals surface area contributed by atoms with Crippen LogP contribution in [0.15, 0.2) is 24.4 Å². The number of carbonyl (C=O) groups excluding carboxylic acids is 1. The van der Waals surface area contributed by atoms with Crippen molar-refractivity contribution in [1.29, 1.82) is 0 Å². The van der Waals surface area contributed by atoms with Crippen molar-refractivity contribution in [1.82, 2.24) is 4.98 Å². The number of nitrogens with two attached hydrogens (primary N) is 1. The molecule has 0 fully saturated rings. The lowest BCUT2D eigenvalue weighted by atomic mass is 10.1. The zero-order chi connectivity index (χ0) is 11.7. The van der Waals surface area contributed by atoms with E-state index < -0.39 is 5.91 Å². The molecule has 0 saturated carbocycles. The number of rotatable bonds is 2. The Labute approximate surface area is 96.7 Å². The largest absolute Gasteiger partial charge is 0.392 e. The normalized spacial score (nSPS) is 10.6. The smallest absolute Gasteiger partial charge is 0.250 e. The second-order valence-electron chi connectivity index (χ2n) is 3.39. The molecule has 0 aliphatic heterocycles. The highest BCUT2D eigenvalue weighted by Crippen LogP contribution is 2.22. The van der Waals surface area contributed by atoms with Crippen molar-refractivity contribution in [2.24, 2.45) is 5.73 Å². The molecule has 0 aliphatic rings. The topological polar surface area (TPSA) is 76.2 Å². The van der Waals surface area contributed by atoms with Gasteiger partial charge in [0.05, 0.1) is 22.7 Å². The molecule has 5 heteroatoms. The minimum absolute atomic E-state index is 0.164. The molecule has 1 heterocycles. The van der Waals surface area contributed by atoms with Crippen LogP contribution >= 0.6 is 11.6 Å². The number of hydrogen-bond donors (Lipinski definition) is 2. The van der Waals surface area contributed by atoms with E-state index in [-0.39, 0.29) is 6.61 Å². The maximum absolute atomic E-state index is 11.2. The van der Waals surface area contributed by atoms with Gasteiger partial charge in [-0.1, -0.05) is 11.6 Å². The Morgan fingerprint density at radius 3 is 2.81 bits per heavy atom. The van der Waals surface area contributed by atoms with Crippen LogP contribution in [0, 0.1) is 0 Å². The third-order valence-electron chi connectivity index (χ3n) is 2.26. The average Bonchev–Trinajstić information content (AvgIpc) is 2.26. The molecule has 1 amide bonds. The van der Waals surface area contributed by atoms with Crippen LogP contribution in [0.25, 0.3) is 10.9 Å². The highest BCUT2D eigenvalue weighted by atomic mass is 35.5. The molecule has 0 saturated heterocycles. The van der Waals surface area contributed by atoms with Crippen molar-refractivity contribution in [2.45, 2.75) is 6.61 Å². The van der Waals surface area contributed by atoms with E-state index in [1.165, 1.54) is 12.3 Å². The predicted molar refractivity (Wildman–Crippen MR) is 61.2 cm³/mol. The van der Waals surface area contributed by atoms with Crippen LogP contribution in [-0.4, -0.2) is 16.0 Å². The molecule has 0 bridgehead atoms. The van der Waals surface area contributed by atoms with Crippen LogP contribution in [0.4, 0.5) is 0 Å². The number of hydrogen-bond acceptors (Lipinski definition) is 3. The molecule has 2 aromatic rings. The molecular formula is C11H9ClN2O2. The third kappa shape index (κ3) is 1.85. The summed E-state index contributed by atoms with van der Waals surface area (Å²) in [6.07, 6.45) is 1.45. The Hall–Kier alpha value is -1.65. The molecule has 0 radical (unpaired) electrons. The molecule has 4 nitrogen and oxygen atoms in total. The van der Waals surface area contributed by atoms with E-state index >= 15 is 0 Å². The van der Waals surface area contributed by atoms with Crippen LogP contribution in [-0.2, 0) is 6.61 Å². The lowest BCUT2D eigenvalue weighted by Gasteiger charge is -2.05. The van der Waals surface area contributed by atoms with Crippen molar-refractivity contribution < 1.29 is 9.90 Å². The number of primary amides is 1. The molecule has 3 N–H and O–H groups in total. The second kappa shape index (κ2) is 4.08. The van der Waals surface area contributed by atoms with E-state index in [1.54, 1.807) is 12.1 Å². The molecular weight excluding hydrogens is 228 g/mol. The van der Waals surface area contributed by atoms with E-state index in [1.807, 2.05) is 0 Å². The van der Waals surface area contributed by atoms with Crippen molar-refractivity contribution in [3.63, 3.8) is 0 Å². The lowest BCUT2D eigenvalue weighted by molar-refractivity contribution is 0.100. The number of aromatic nitrogens is 1. The van der Waals surface area contributed by atoms with Crippen LogP contribution in [0.5, 0.6) is 0 Å². The van der Waals surface area contributed by atoms with Crippen LogP contribution in [0.2, 0.25) is 5.02 Å². The Morgan fingerprint density at radius 1 is 1.44 bits per heavy atom. The van der Waals surface area contributed by atoms with Gasteiger partial charge in [0.2, 0.25) is 0 Å². The van der Waals surface area contributed by atoms with Crippen LogP contribution in [0.3, 0.4) is 0 Å². The van der Waals surface area contributed by atoms with E-state index in [2.05, 4.69) is 4.98 Å². The van der Waals surface area contributed by atoms with Gasteiger partial charge in [-0.2, -0.15) is 0 Å². The van der Waals surface area contributed by atoms with Crippen molar-refractivity contribution in [3.05, 3.63) is 40.5 Å². The van der Waals surface area contributed by atoms with Gasteiger partial charge >= 0.3 is 0 Å². The van der Waals surface area contributed by atoms with Gasteiger partial charge in [-0.3, -0.25) is 9.78 Å². The number of aliphatic hydroxyl groups excluding tert-OH is 1. The first-order chi connectivity index (χ1) is 7.61. The molecule has 2 rings (SSSR count). The van der Waals surface area contributed by atoms with Gasteiger partial charge in [-0.05, 0) is 23.8 Å². The van der Waals surface area contributed by atoms with Crippen molar-refractivity contribution in [3.8, 4) is 0 Å². The van der Waals surface area contributed by atoms with E-state index in [0.717, 1.165) is 0 Å². The fraction of sp³-hybridized carbons (Fsp3) is 0.0909. The number of fused-ring (bicyclic) bond motifs is 1. The maximum atomic E-state index is 11.2. The summed E-state index contributed by atoms with van der Waals surface area (Å²) < 4.78 is 0. The summed E-state index contributed by atoms with van der Waals surface area (Å²) in [5.74, 6) is -0.574. The number of aliphatic hydroxyl groups is 1. The first kappa shape index (κ1) is 10.9. The molecule has 16 heavy (non-hydrogen) atoms. The fourth-order valence-corrected chi connectivity index (χ4v) is 1.73. The van der Waals surface area contributed by atoms with Gasteiger partial charge in [0.25, 0.3) is 5.91 Å². The summed E-state index contributed by atoms with van der Waals surface area (Å²) in [6, 6.07) is 4.93. The van der Waals surface area contributed by atoms with Crippen molar-refractivity contribution >= 4 is 28.4 Å². The first-order valence-electron chi connectivity index (χ1n) is 4.60. The number of amides is 1. The van der Waals surface area contributed by atoms with Gasteiger partial charge in [-0.15, -0.1) is 0 Å². The molecule has 1 aromatic carbocycles. The number of pyridine rings is 1. The average molecular weight is 237 g/mol. The summed E-state index contributed by atoms with van der Waals surface area (Å²) in [7, 11) is 0. The quantitative estimate of drug-likeness (QED) is 0.829. The monoisotopic (exact) mass is 236 g/mol. The first-order valence-corrected chi connectivity index (χ1v) is 4.98. The van der Waals surface area contributed by atoms with E-state index in [4.69, 9.17) is 22.4 Å². The SMILES string of the molecule is NC(=O)c1cc(CO)cc2cc(Cl)cnc12. The van der Waals surface area contributed by atoms with Gasteiger partial charge in [0.1, 0.15) is 0 Å². The number of nitrogens with zero attached hydrogens (tertiary/aromatic N) is 1. The van der Waals surface area contributed by atoms with Gasteiger partial charge in [0.15, 0.2) is 0 Å². The summed E-state index contributed by atoms with van der Waals surface area (Å²) >= 11 is 5.80. The summed E-state index contributed by atoms with van der Waals surface area (Å²) in [4.78, 5) is 15.3. The zero-order valence-electron chi connectivity index (χ0n) is 8.27. The van der Waals surface area contributed by atoms with E-state index in [0.29, 0.717) is 27.1 Å². The predicted octanol–water partition coefficient (Wildman–Crippen LogP) is 1.48. The van der Waals surface area contributed by atoms with Crippen molar-refractivity contribution in [2.75, 3.05) is 0 Å². The second-order valence-corrected chi connectivity index (χ2v) is 3.83. The Kier molecular flexibility index (Phi) is 2.77. The Balaban J connectivity index is 2.81. The van der Waals surface area contributed by atoms with Gasteiger partial charge in [-0.25, -0.2) is 0 Å². The molecule has 0 atom stereocenters. The van der Waals surface area contributed by atoms with Gasteiger partial charge in [0, 0.05) is 11.6 Å². The summed E-state index contributed by atoms with van der Waals surface area (Å²) in [5, 5.41) is 10.2.